The number of carbonyl (C=O) groups is 1. The van der Waals surface area contributed by atoms with E-state index in [-0.39, 0.29) is 11.9 Å². The van der Waals surface area contributed by atoms with Gasteiger partial charge in [0.05, 0.1) is 12.5 Å². The van der Waals surface area contributed by atoms with Gasteiger partial charge in [-0.25, -0.2) is 0 Å². The Morgan fingerprint density at radius 1 is 1.15 bits per heavy atom. The number of anilines is 2. The summed E-state index contributed by atoms with van der Waals surface area (Å²) in [6, 6.07) is 16.1. The number of benzene rings is 2. The molecule has 0 bridgehead atoms. The van der Waals surface area contributed by atoms with Crippen LogP contribution in [0, 0.1) is 0 Å². The van der Waals surface area contributed by atoms with E-state index in [0.29, 0.717) is 6.42 Å². The number of rotatable bonds is 2. The molecular formula is C16H15BrN2O. The zero-order chi connectivity index (χ0) is 14.1. The van der Waals surface area contributed by atoms with Gasteiger partial charge in [-0.15, -0.1) is 0 Å². The topological polar surface area (TPSA) is 32.3 Å². The molecule has 1 aliphatic heterocycles. The lowest BCUT2D eigenvalue weighted by Crippen LogP contribution is -2.35. The summed E-state index contributed by atoms with van der Waals surface area (Å²) >= 11 is 3.43. The van der Waals surface area contributed by atoms with E-state index in [2.05, 4.69) is 27.3 Å². The maximum atomic E-state index is 12.1. The minimum absolute atomic E-state index is 0.0241. The molecule has 0 aromatic heterocycles. The number of carbonyl (C=O) groups excluding carboxylic acids is 1. The second-order valence-electron chi connectivity index (χ2n) is 4.92. The van der Waals surface area contributed by atoms with Crippen LogP contribution >= 0.6 is 15.9 Å². The van der Waals surface area contributed by atoms with Gasteiger partial charge in [0.25, 0.3) is 0 Å². The largest absolute Gasteiger partial charge is 0.378 e. The summed E-state index contributed by atoms with van der Waals surface area (Å²) in [5, 5.41) is 3.45. The zero-order valence-corrected chi connectivity index (χ0v) is 12.7. The molecular weight excluding hydrogens is 316 g/mol. The summed E-state index contributed by atoms with van der Waals surface area (Å²) in [6.07, 6.45) is 0.476. The first-order chi connectivity index (χ1) is 9.65. The normalized spacial score (nSPS) is 17.8. The Hall–Kier alpha value is -1.81. The number of halogens is 1. The lowest BCUT2D eigenvalue weighted by Gasteiger charge is -2.32. The Kier molecular flexibility index (Phi) is 3.49. The molecule has 0 aliphatic carbocycles. The molecule has 4 heteroatoms. The fraction of sp³-hybridized carbons (Fsp3) is 0.188. The molecule has 1 unspecified atom stereocenters. The van der Waals surface area contributed by atoms with Gasteiger partial charge in [-0.2, -0.15) is 0 Å². The first-order valence-corrected chi connectivity index (χ1v) is 7.32. The molecule has 1 aliphatic rings. The number of hydrogen-bond donors (Lipinski definition) is 1. The molecule has 3 nitrogen and oxygen atoms in total. The third-order valence-electron chi connectivity index (χ3n) is 3.61. The molecule has 1 atom stereocenters. The van der Waals surface area contributed by atoms with Gasteiger partial charge in [0.15, 0.2) is 0 Å². The lowest BCUT2D eigenvalue weighted by molar-refractivity contribution is -0.118. The Morgan fingerprint density at radius 3 is 2.60 bits per heavy atom. The van der Waals surface area contributed by atoms with Crippen LogP contribution in [0.4, 0.5) is 11.4 Å². The fourth-order valence-electron chi connectivity index (χ4n) is 2.52. The highest BCUT2D eigenvalue weighted by atomic mass is 79.9. The summed E-state index contributed by atoms with van der Waals surface area (Å²) < 4.78 is 1.04. The van der Waals surface area contributed by atoms with Crippen molar-refractivity contribution in [2.45, 2.75) is 12.5 Å². The van der Waals surface area contributed by atoms with Crippen molar-refractivity contribution < 1.29 is 4.79 Å². The number of para-hydroxylation sites is 1. The van der Waals surface area contributed by atoms with Crippen LogP contribution in [0.5, 0.6) is 0 Å². The highest BCUT2D eigenvalue weighted by Crippen LogP contribution is 2.35. The summed E-state index contributed by atoms with van der Waals surface area (Å²) in [5.41, 5.74) is 3.17. The standard InChI is InChI=1S/C16H15BrN2O/c1-19-15-5-3-2-4-13(15)14(10-16(19)20)18-12-8-6-11(17)7-9-12/h2-9,14,18H,10H2,1H3. The average molecular weight is 331 g/mol. The second kappa shape index (κ2) is 5.29. The van der Waals surface area contributed by atoms with Crippen molar-refractivity contribution in [3.05, 3.63) is 58.6 Å². The third kappa shape index (κ3) is 2.43. The first-order valence-electron chi connectivity index (χ1n) is 6.53. The molecule has 3 rings (SSSR count). The van der Waals surface area contributed by atoms with Crippen LogP contribution in [-0.2, 0) is 4.79 Å². The molecule has 0 fully saturated rings. The summed E-state index contributed by atoms with van der Waals surface area (Å²) in [7, 11) is 1.83. The first kappa shape index (κ1) is 13.2. The van der Waals surface area contributed by atoms with E-state index in [1.165, 1.54) is 0 Å². The number of nitrogens with zero attached hydrogens (tertiary/aromatic N) is 1. The van der Waals surface area contributed by atoms with Crippen LogP contribution in [-0.4, -0.2) is 13.0 Å². The van der Waals surface area contributed by atoms with Crippen molar-refractivity contribution in [1.29, 1.82) is 0 Å². The van der Waals surface area contributed by atoms with E-state index >= 15 is 0 Å². The Bertz CT molecular complexity index is 639. The average Bonchev–Trinajstić information content (AvgIpc) is 2.47. The minimum Gasteiger partial charge on any atom is -0.378 e. The Labute approximate surface area is 126 Å². The van der Waals surface area contributed by atoms with Crippen molar-refractivity contribution in [2.75, 3.05) is 17.3 Å². The van der Waals surface area contributed by atoms with Crippen LogP contribution in [0.25, 0.3) is 0 Å². The predicted molar refractivity (Wildman–Crippen MR) is 85.0 cm³/mol. The van der Waals surface area contributed by atoms with Crippen LogP contribution in [0.2, 0.25) is 0 Å². The fourth-order valence-corrected chi connectivity index (χ4v) is 2.78. The van der Waals surface area contributed by atoms with E-state index in [1.807, 2.05) is 49.5 Å². The van der Waals surface area contributed by atoms with Gasteiger partial charge in [-0.3, -0.25) is 4.79 Å². The van der Waals surface area contributed by atoms with E-state index in [0.717, 1.165) is 21.4 Å². The Balaban J connectivity index is 1.92. The predicted octanol–water partition coefficient (Wildman–Crippen LogP) is 3.97. The number of amides is 1. The van der Waals surface area contributed by atoms with Crippen molar-refractivity contribution >= 4 is 33.2 Å². The van der Waals surface area contributed by atoms with Gasteiger partial charge < -0.3 is 10.2 Å². The molecule has 102 valence electrons. The number of fused-ring (bicyclic) bond motifs is 1. The van der Waals surface area contributed by atoms with E-state index in [4.69, 9.17) is 0 Å². The highest BCUT2D eigenvalue weighted by Gasteiger charge is 2.28. The molecule has 0 spiro atoms. The zero-order valence-electron chi connectivity index (χ0n) is 11.1. The van der Waals surface area contributed by atoms with Gasteiger partial charge in [0.1, 0.15) is 0 Å². The summed E-state index contributed by atoms with van der Waals surface area (Å²) in [6.45, 7) is 0. The lowest BCUT2D eigenvalue weighted by atomic mass is 9.96. The minimum atomic E-state index is 0.0241. The van der Waals surface area contributed by atoms with Crippen molar-refractivity contribution in [1.82, 2.24) is 0 Å². The van der Waals surface area contributed by atoms with Crippen molar-refractivity contribution in [3.8, 4) is 0 Å². The third-order valence-corrected chi connectivity index (χ3v) is 4.14. The van der Waals surface area contributed by atoms with E-state index in [1.54, 1.807) is 4.90 Å². The number of hydrogen-bond acceptors (Lipinski definition) is 2. The van der Waals surface area contributed by atoms with Crippen molar-refractivity contribution in [2.24, 2.45) is 0 Å². The van der Waals surface area contributed by atoms with Gasteiger partial charge in [0, 0.05) is 22.9 Å². The molecule has 20 heavy (non-hydrogen) atoms. The van der Waals surface area contributed by atoms with Gasteiger partial charge in [-0.1, -0.05) is 34.1 Å². The molecule has 1 heterocycles. The van der Waals surface area contributed by atoms with Crippen molar-refractivity contribution in [3.63, 3.8) is 0 Å². The van der Waals surface area contributed by atoms with E-state index in [9.17, 15) is 4.79 Å². The highest BCUT2D eigenvalue weighted by molar-refractivity contribution is 9.10. The quantitative estimate of drug-likeness (QED) is 0.903. The summed E-state index contributed by atoms with van der Waals surface area (Å²) in [4.78, 5) is 13.8. The monoisotopic (exact) mass is 330 g/mol. The van der Waals surface area contributed by atoms with Gasteiger partial charge in [0.2, 0.25) is 5.91 Å². The maximum Gasteiger partial charge on any atom is 0.229 e. The molecule has 1 amide bonds. The summed E-state index contributed by atoms with van der Waals surface area (Å²) in [5.74, 6) is 0.137. The Morgan fingerprint density at radius 2 is 1.85 bits per heavy atom. The molecule has 0 saturated carbocycles. The van der Waals surface area contributed by atoms with Crippen LogP contribution in [0.1, 0.15) is 18.0 Å². The SMILES string of the molecule is CN1C(=O)CC(Nc2ccc(Br)cc2)c2ccccc21. The molecule has 0 saturated heterocycles. The van der Waals surface area contributed by atoms with Crippen LogP contribution in [0.3, 0.4) is 0 Å². The van der Waals surface area contributed by atoms with Gasteiger partial charge in [-0.05, 0) is 35.9 Å². The van der Waals surface area contributed by atoms with Crippen LogP contribution < -0.4 is 10.2 Å². The molecule has 2 aromatic rings. The second-order valence-corrected chi connectivity index (χ2v) is 5.84. The molecule has 2 aromatic carbocycles. The van der Waals surface area contributed by atoms with E-state index < -0.39 is 0 Å². The smallest absolute Gasteiger partial charge is 0.229 e. The number of nitrogens with one attached hydrogen (secondary N) is 1. The molecule has 1 N–H and O–H groups in total. The van der Waals surface area contributed by atoms with Crippen LogP contribution in [0.15, 0.2) is 53.0 Å². The maximum absolute atomic E-state index is 12.1. The molecule has 0 radical (unpaired) electrons. The van der Waals surface area contributed by atoms with Gasteiger partial charge >= 0.3 is 0 Å².